The number of halogens is 6. The van der Waals surface area contributed by atoms with Crippen LogP contribution in [0.5, 0.6) is 0 Å². The minimum Gasteiger partial charge on any atom is -0.335 e. The molecule has 1 fully saturated rings. The van der Waals surface area contributed by atoms with Gasteiger partial charge in [0.05, 0.1) is 5.56 Å². The molecule has 1 saturated heterocycles. The predicted octanol–water partition coefficient (Wildman–Crippen LogP) is 3.42. The largest absolute Gasteiger partial charge is 0.433 e. The first-order valence-corrected chi connectivity index (χ1v) is 8.74. The van der Waals surface area contributed by atoms with Gasteiger partial charge in [-0.05, 0) is 11.6 Å². The number of carbonyl (C=O) groups is 1. The van der Waals surface area contributed by atoms with Crippen LogP contribution in [0.15, 0.2) is 30.3 Å². The first-order chi connectivity index (χ1) is 13.4. The third-order valence-corrected chi connectivity index (χ3v) is 4.71. The maximum absolute atomic E-state index is 12.9. The third kappa shape index (κ3) is 4.89. The van der Waals surface area contributed by atoms with Crippen molar-refractivity contribution in [3.63, 3.8) is 0 Å². The van der Waals surface area contributed by atoms with Crippen LogP contribution in [0, 0.1) is 0 Å². The highest BCUT2D eigenvalue weighted by Crippen LogP contribution is 2.30. The van der Waals surface area contributed by atoms with Crippen molar-refractivity contribution in [2.45, 2.75) is 18.9 Å². The van der Waals surface area contributed by atoms with Crippen molar-refractivity contribution in [2.24, 2.45) is 7.05 Å². The van der Waals surface area contributed by atoms with E-state index in [1.54, 1.807) is 6.07 Å². The fraction of sp³-hybridized carbons (Fsp3) is 0.444. The van der Waals surface area contributed by atoms with Crippen LogP contribution in [0.4, 0.5) is 26.3 Å². The van der Waals surface area contributed by atoms with Gasteiger partial charge in [0, 0.05) is 45.8 Å². The maximum Gasteiger partial charge on any atom is 0.433 e. The molecule has 1 aromatic carbocycles. The number of aryl methyl sites for hydroxylation is 1. The Morgan fingerprint density at radius 1 is 1.00 bits per heavy atom. The Hall–Kier alpha value is -2.56. The van der Waals surface area contributed by atoms with Crippen molar-refractivity contribution in [3.05, 3.63) is 52.8 Å². The molecule has 11 heteroatoms. The molecule has 5 nitrogen and oxygen atoms in total. The highest BCUT2D eigenvalue weighted by atomic mass is 19.4. The maximum atomic E-state index is 12.9. The van der Waals surface area contributed by atoms with Crippen LogP contribution in [0.25, 0.3) is 0 Å². The Morgan fingerprint density at radius 2 is 1.66 bits per heavy atom. The fourth-order valence-corrected chi connectivity index (χ4v) is 3.21. The molecule has 0 aliphatic carbocycles. The minimum absolute atomic E-state index is 0.246. The van der Waals surface area contributed by atoms with Crippen LogP contribution < -0.4 is 0 Å². The van der Waals surface area contributed by atoms with E-state index in [9.17, 15) is 31.1 Å². The molecule has 0 unspecified atom stereocenters. The molecule has 1 amide bonds. The lowest BCUT2D eigenvalue weighted by Gasteiger charge is -2.34. The monoisotopic (exact) mass is 420 g/mol. The number of amides is 1. The van der Waals surface area contributed by atoms with E-state index < -0.39 is 29.5 Å². The van der Waals surface area contributed by atoms with E-state index in [0.29, 0.717) is 23.3 Å². The van der Waals surface area contributed by atoms with Gasteiger partial charge in [-0.15, -0.1) is 0 Å². The van der Waals surface area contributed by atoms with Gasteiger partial charge in [-0.3, -0.25) is 14.4 Å². The molecule has 2 aromatic rings. The average molecular weight is 420 g/mol. The molecular formula is C18H18F6N4O. The van der Waals surface area contributed by atoms with Gasteiger partial charge < -0.3 is 4.90 Å². The molecule has 1 aliphatic rings. The Labute approximate surface area is 162 Å². The number of carbonyl (C=O) groups excluding carboxylic acids is 1. The van der Waals surface area contributed by atoms with Gasteiger partial charge in [0.25, 0.3) is 5.91 Å². The molecule has 1 aromatic heterocycles. The van der Waals surface area contributed by atoms with Gasteiger partial charge in [0.1, 0.15) is 5.69 Å². The van der Waals surface area contributed by atoms with Crippen molar-refractivity contribution in [1.29, 1.82) is 0 Å². The summed E-state index contributed by atoms with van der Waals surface area (Å²) in [7, 11) is 1.12. The fourth-order valence-electron chi connectivity index (χ4n) is 3.21. The van der Waals surface area contributed by atoms with Crippen molar-refractivity contribution >= 4 is 5.91 Å². The van der Waals surface area contributed by atoms with E-state index in [2.05, 4.69) is 5.10 Å². The van der Waals surface area contributed by atoms with Crippen LogP contribution in [0.3, 0.4) is 0 Å². The van der Waals surface area contributed by atoms with Crippen molar-refractivity contribution in [3.8, 4) is 0 Å². The number of hydrogen-bond donors (Lipinski definition) is 0. The third-order valence-electron chi connectivity index (χ3n) is 4.71. The van der Waals surface area contributed by atoms with E-state index in [-0.39, 0.29) is 25.3 Å². The summed E-state index contributed by atoms with van der Waals surface area (Å²) in [5, 5.41) is 3.66. The highest BCUT2D eigenvalue weighted by Gasteiger charge is 2.36. The Kier molecular flexibility index (Phi) is 5.61. The lowest BCUT2D eigenvalue weighted by Crippen LogP contribution is -2.48. The van der Waals surface area contributed by atoms with E-state index in [0.717, 1.165) is 25.2 Å². The molecule has 1 aliphatic heterocycles. The van der Waals surface area contributed by atoms with Gasteiger partial charge >= 0.3 is 12.4 Å². The number of nitrogens with zero attached hydrogens (tertiary/aromatic N) is 4. The molecule has 0 spiro atoms. The summed E-state index contributed by atoms with van der Waals surface area (Å²) in [6.45, 7) is 1.56. The van der Waals surface area contributed by atoms with Gasteiger partial charge in [0.15, 0.2) is 5.69 Å². The second-order valence-electron chi connectivity index (χ2n) is 6.80. The second-order valence-corrected chi connectivity index (χ2v) is 6.80. The van der Waals surface area contributed by atoms with E-state index in [1.165, 1.54) is 11.0 Å². The number of benzene rings is 1. The first kappa shape index (κ1) is 21.2. The minimum atomic E-state index is -4.61. The zero-order chi connectivity index (χ0) is 21.4. The van der Waals surface area contributed by atoms with E-state index >= 15 is 0 Å². The number of alkyl halides is 6. The first-order valence-electron chi connectivity index (χ1n) is 8.74. The molecule has 0 radical (unpaired) electrons. The normalized spacial score (nSPS) is 16.3. The summed E-state index contributed by atoms with van der Waals surface area (Å²) < 4.78 is 77.7. The lowest BCUT2D eigenvalue weighted by atomic mass is 10.1. The molecule has 0 N–H and O–H groups in total. The summed E-state index contributed by atoms with van der Waals surface area (Å²) >= 11 is 0. The summed E-state index contributed by atoms with van der Waals surface area (Å²) in [5.41, 5.74) is -1.52. The van der Waals surface area contributed by atoms with Gasteiger partial charge in [0.2, 0.25) is 0 Å². The Bertz CT molecular complexity index is 881. The average Bonchev–Trinajstić information content (AvgIpc) is 3.03. The van der Waals surface area contributed by atoms with Gasteiger partial charge in [-0.1, -0.05) is 18.2 Å². The number of rotatable bonds is 3. The summed E-state index contributed by atoms with van der Waals surface area (Å²) in [5.74, 6) is -0.602. The molecule has 3 rings (SSSR count). The van der Waals surface area contributed by atoms with Crippen LogP contribution >= 0.6 is 0 Å². The predicted molar refractivity (Wildman–Crippen MR) is 90.8 cm³/mol. The van der Waals surface area contributed by atoms with Crippen LogP contribution in [0.2, 0.25) is 0 Å². The molecule has 29 heavy (non-hydrogen) atoms. The lowest BCUT2D eigenvalue weighted by molar-refractivity contribution is -0.143. The van der Waals surface area contributed by atoms with E-state index in [4.69, 9.17) is 0 Å². The molecule has 0 atom stereocenters. The standard InChI is InChI=1S/C18H18F6N4O/c1-26-15(18(22,23)24)10-14(25-26)16(29)28-7-5-27(6-8-28)11-12-3-2-4-13(9-12)17(19,20)21/h2-4,9-10H,5-8,11H2,1H3. The van der Waals surface area contributed by atoms with E-state index in [1.807, 2.05) is 4.90 Å². The smallest absolute Gasteiger partial charge is 0.335 e. The summed E-state index contributed by atoms with van der Waals surface area (Å²) in [6, 6.07) is 5.75. The van der Waals surface area contributed by atoms with Gasteiger partial charge in [-0.25, -0.2) is 0 Å². The van der Waals surface area contributed by atoms with Crippen LogP contribution in [-0.4, -0.2) is 51.7 Å². The molecule has 2 heterocycles. The quantitative estimate of drug-likeness (QED) is 0.715. The molecule has 158 valence electrons. The zero-order valence-electron chi connectivity index (χ0n) is 15.4. The van der Waals surface area contributed by atoms with Crippen molar-refractivity contribution in [1.82, 2.24) is 19.6 Å². The van der Waals surface area contributed by atoms with Crippen LogP contribution in [-0.2, 0) is 25.9 Å². The number of piperazine rings is 1. The number of aromatic nitrogens is 2. The molecule has 0 bridgehead atoms. The second kappa shape index (κ2) is 7.69. The Balaban J connectivity index is 1.60. The summed E-state index contributed by atoms with van der Waals surface area (Å²) in [6.07, 6.45) is -9.02. The Morgan fingerprint density at radius 3 is 2.21 bits per heavy atom. The number of hydrogen-bond acceptors (Lipinski definition) is 3. The van der Waals surface area contributed by atoms with Crippen molar-refractivity contribution < 1.29 is 31.1 Å². The molecule has 0 saturated carbocycles. The highest BCUT2D eigenvalue weighted by molar-refractivity contribution is 5.92. The zero-order valence-corrected chi connectivity index (χ0v) is 15.4. The SMILES string of the molecule is Cn1nc(C(=O)N2CCN(Cc3cccc(C(F)(F)F)c3)CC2)cc1C(F)(F)F. The topological polar surface area (TPSA) is 41.4 Å². The summed E-state index contributed by atoms with van der Waals surface area (Å²) in [4.78, 5) is 15.7. The van der Waals surface area contributed by atoms with Crippen LogP contribution in [0.1, 0.15) is 27.3 Å². The van der Waals surface area contributed by atoms with Gasteiger partial charge in [-0.2, -0.15) is 31.4 Å². The van der Waals surface area contributed by atoms with Crippen molar-refractivity contribution in [2.75, 3.05) is 26.2 Å². The molecular weight excluding hydrogens is 402 g/mol.